The van der Waals surface area contributed by atoms with E-state index in [4.69, 9.17) is 28.3 Å². The summed E-state index contributed by atoms with van der Waals surface area (Å²) in [6, 6.07) is 15.1. The molecule has 0 unspecified atom stereocenters. The van der Waals surface area contributed by atoms with Gasteiger partial charge in [-0.05, 0) is 36.7 Å². The van der Waals surface area contributed by atoms with Gasteiger partial charge in [-0.1, -0.05) is 59.6 Å². The molecule has 2 aromatic rings. The second-order valence-corrected chi connectivity index (χ2v) is 6.82. The molecule has 6 heteroatoms. The summed E-state index contributed by atoms with van der Waals surface area (Å²) in [5.41, 5.74) is 0.955. The van der Waals surface area contributed by atoms with Gasteiger partial charge < -0.3 is 15.5 Å². The third kappa shape index (κ3) is 4.53. The summed E-state index contributed by atoms with van der Waals surface area (Å²) in [6.07, 6.45) is 0.441. The van der Waals surface area contributed by atoms with Crippen molar-refractivity contribution in [1.29, 1.82) is 0 Å². The van der Waals surface area contributed by atoms with Gasteiger partial charge in [-0.2, -0.15) is 0 Å². The summed E-state index contributed by atoms with van der Waals surface area (Å²) >= 11 is 11.6. The number of nitrogens with one attached hydrogen (secondary N) is 1. The average Bonchev–Trinajstić information content (AvgIpc) is 3.35. The van der Waals surface area contributed by atoms with Crippen LogP contribution >= 0.6 is 23.2 Å². The van der Waals surface area contributed by atoms with Crippen molar-refractivity contribution in [2.75, 3.05) is 13.7 Å². The Kier molecular flexibility index (Phi) is 6.85. The van der Waals surface area contributed by atoms with Crippen LogP contribution in [0.15, 0.2) is 48.5 Å². The third-order valence-electron chi connectivity index (χ3n) is 4.37. The SMILES string of the molecule is CNCc1ccccc1.O=C(O)[C@@]1(c2ccc(Cl)c(Cl)c2)C[C@H]1CO. The molecule has 25 heavy (non-hydrogen) atoms. The molecule has 0 saturated heterocycles. The Bertz CT molecular complexity index is 724. The van der Waals surface area contributed by atoms with E-state index in [2.05, 4.69) is 17.4 Å². The zero-order valence-electron chi connectivity index (χ0n) is 13.9. The number of hydrogen-bond acceptors (Lipinski definition) is 3. The minimum Gasteiger partial charge on any atom is -0.481 e. The van der Waals surface area contributed by atoms with Gasteiger partial charge >= 0.3 is 5.97 Å². The molecule has 134 valence electrons. The molecule has 0 spiro atoms. The fourth-order valence-electron chi connectivity index (χ4n) is 2.86. The minimum absolute atomic E-state index is 0.132. The quantitative estimate of drug-likeness (QED) is 0.737. The molecule has 2 aromatic carbocycles. The number of carbonyl (C=O) groups is 1. The molecule has 3 rings (SSSR count). The van der Waals surface area contributed by atoms with Crippen molar-refractivity contribution in [2.45, 2.75) is 18.4 Å². The second kappa shape index (κ2) is 8.68. The highest BCUT2D eigenvalue weighted by Crippen LogP contribution is 2.54. The molecule has 1 fully saturated rings. The van der Waals surface area contributed by atoms with Gasteiger partial charge in [-0.25, -0.2) is 0 Å². The Labute approximate surface area is 157 Å². The number of carboxylic acid groups (broad SMARTS) is 1. The first kappa shape index (κ1) is 19.7. The van der Waals surface area contributed by atoms with Crippen molar-refractivity contribution in [1.82, 2.24) is 5.32 Å². The van der Waals surface area contributed by atoms with Gasteiger partial charge in [0.2, 0.25) is 0 Å². The highest BCUT2D eigenvalue weighted by molar-refractivity contribution is 6.42. The van der Waals surface area contributed by atoms with Crippen LogP contribution in [-0.2, 0) is 16.8 Å². The van der Waals surface area contributed by atoms with Crippen molar-refractivity contribution in [3.63, 3.8) is 0 Å². The van der Waals surface area contributed by atoms with Crippen molar-refractivity contribution >= 4 is 29.2 Å². The van der Waals surface area contributed by atoms with E-state index in [-0.39, 0.29) is 12.5 Å². The molecule has 1 aliphatic rings. The Hall–Kier alpha value is -1.59. The predicted octanol–water partition coefficient (Wildman–Crippen LogP) is 3.73. The van der Waals surface area contributed by atoms with E-state index >= 15 is 0 Å². The molecule has 0 radical (unpaired) electrons. The van der Waals surface area contributed by atoms with Crippen LogP contribution in [0.5, 0.6) is 0 Å². The smallest absolute Gasteiger partial charge is 0.314 e. The maximum absolute atomic E-state index is 11.3. The van der Waals surface area contributed by atoms with Gasteiger partial charge in [0.25, 0.3) is 0 Å². The molecule has 2 atom stereocenters. The largest absolute Gasteiger partial charge is 0.481 e. The van der Waals surface area contributed by atoms with Crippen molar-refractivity contribution in [3.8, 4) is 0 Å². The highest BCUT2D eigenvalue weighted by atomic mass is 35.5. The molecule has 0 aliphatic heterocycles. The summed E-state index contributed by atoms with van der Waals surface area (Å²) in [7, 11) is 1.95. The first-order valence-electron chi connectivity index (χ1n) is 7.94. The second-order valence-electron chi connectivity index (χ2n) is 6.00. The zero-order chi connectivity index (χ0) is 18.4. The number of aliphatic hydroxyl groups excluding tert-OH is 1. The fourth-order valence-corrected chi connectivity index (χ4v) is 3.16. The fraction of sp³-hybridized carbons (Fsp3) is 0.316. The van der Waals surface area contributed by atoms with E-state index in [0.29, 0.717) is 22.0 Å². The standard InChI is InChI=1S/C11H10Cl2O3.C8H11N/c12-8-2-1-6(3-9(8)13)11(10(15)16)4-7(11)5-14;1-9-7-8-5-3-2-4-6-8/h1-3,7,14H,4-5H2,(H,15,16);2-6,9H,7H2,1H3/t7-,11+;/m0./s1. The number of halogens is 2. The summed E-state index contributed by atoms with van der Waals surface area (Å²) in [5, 5.41) is 22.1. The lowest BCUT2D eigenvalue weighted by Crippen LogP contribution is -2.23. The lowest BCUT2D eigenvalue weighted by Gasteiger charge is -2.13. The van der Waals surface area contributed by atoms with Gasteiger partial charge in [0.15, 0.2) is 0 Å². The van der Waals surface area contributed by atoms with Crippen LogP contribution in [0.1, 0.15) is 17.5 Å². The molecule has 0 amide bonds. The number of carboxylic acids is 1. The molecule has 0 aromatic heterocycles. The minimum atomic E-state index is -0.983. The average molecular weight is 382 g/mol. The van der Waals surface area contributed by atoms with Crippen LogP contribution in [0.3, 0.4) is 0 Å². The first-order valence-corrected chi connectivity index (χ1v) is 8.69. The van der Waals surface area contributed by atoms with Crippen LogP contribution < -0.4 is 5.32 Å². The molecular weight excluding hydrogens is 361 g/mol. The molecule has 3 N–H and O–H groups in total. The molecule has 0 heterocycles. The summed E-state index contributed by atoms with van der Waals surface area (Å²) in [5.74, 6) is -1.16. The van der Waals surface area contributed by atoms with Crippen LogP contribution in [0, 0.1) is 5.92 Å². The van der Waals surface area contributed by atoms with Crippen LogP contribution in [0.25, 0.3) is 0 Å². The van der Waals surface area contributed by atoms with Gasteiger partial charge in [0, 0.05) is 19.1 Å². The maximum Gasteiger partial charge on any atom is 0.314 e. The van der Waals surface area contributed by atoms with E-state index in [1.807, 2.05) is 25.2 Å². The number of aliphatic hydroxyl groups is 1. The van der Waals surface area contributed by atoms with E-state index in [0.717, 1.165) is 6.54 Å². The Morgan fingerprint density at radius 1 is 1.20 bits per heavy atom. The molecular formula is C19H21Cl2NO3. The van der Waals surface area contributed by atoms with Crippen molar-refractivity contribution < 1.29 is 15.0 Å². The van der Waals surface area contributed by atoms with Crippen LogP contribution in [0.2, 0.25) is 10.0 Å². The normalized spacial score (nSPS) is 21.2. The predicted molar refractivity (Wildman–Crippen MR) is 100 cm³/mol. The Balaban J connectivity index is 0.000000212. The summed E-state index contributed by atoms with van der Waals surface area (Å²) in [4.78, 5) is 11.3. The molecule has 1 aliphatic carbocycles. The van der Waals surface area contributed by atoms with E-state index in [1.54, 1.807) is 18.2 Å². The Morgan fingerprint density at radius 3 is 2.36 bits per heavy atom. The first-order chi connectivity index (χ1) is 12.0. The van der Waals surface area contributed by atoms with E-state index in [1.165, 1.54) is 5.56 Å². The van der Waals surface area contributed by atoms with Gasteiger partial charge in [0.05, 0.1) is 15.5 Å². The maximum atomic E-state index is 11.3. The topological polar surface area (TPSA) is 69.6 Å². The number of benzene rings is 2. The lowest BCUT2D eigenvalue weighted by atomic mass is 9.93. The van der Waals surface area contributed by atoms with E-state index < -0.39 is 11.4 Å². The number of rotatable bonds is 5. The monoisotopic (exact) mass is 381 g/mol. The summed E-state index contributed by atoms with van der Waals surface area (Å²) in [6.45, 7) is 0.827. The van der Waals surface area contributed by atoms with Crippen LogP contribution in [-0.4, -0.2) is 29.8 Å². The van der Waals surface area contributed by atoms with Crippen molar-refractivity contribution in [2.24, 2.45) is 5.92 Å². The van der Waals surface area contributed by atoms with E-state index in [9.17, 15) is 9.90 Å². The van der Waals surface area contributed by atoms with Crippen molar-refractivity contribution in [3.05, 3.63) is 69.7 Å². The molecule has 4 nitrogen and oxygen atoms in total. The Morgan fingerprint density at radius 2 is 1.88 bits per heavy atom. The number of hydrogen-bond donors (Lipinski definition) is 3. The summed E-state index contributed by atoms with van der Waals surface area (Å²) < 4.78 is 0. The molecule has 1 saturated carbocycles. The lowest BCUT2D eigenvalue weighted by molar-refractivity contribution is -0.140. The molecule has 0 bridgehead atoms. The highest BCUT2D eigenvalue weighted by Gasteiger charge is 2.61. The van der Waals surface area contributed by atoms with Gasteiger partial charge in [0.1, 0.15) is 0 Å². The van der Waals surface area contributed by atoms with Crippen LogP contribution in [0.4, 0.5) is 0 Å². The third-order valence-corrected chi connectivity index (χ3v) is 5.10. The van der Waals surface area contributed by atoms with Gasteiger partial charge in [-0.3, -0.25) is 4.79 Å². The number of aliphatic carboxylic acids is 1. The van der Waals surface area contributed by atoms with Gasteiger partial charge in [-0.15, -0.1) is 0 Å². The zero-order valence-corrected chi connectivity index (χ0v) is 15.4.